The molecule has 1 aromatic carbocycles. The molecule has 3 aliphatic rings. The van der Waals surface area contributed by atoms with E-state index in [1.54, 1.807) is 28.1 Å². The zero-order chi connectivity index (χ0) is 28.7. The van der Waals surface area contributed by atoms with Gasteiger partial charge in [-0.15, -0.1) is 0 Å². The van der Waals surface area contributed by atoms with Crippen molar-refractivity contribution in [1.82, 2.24) is 29.3 Å². The predicted octanol–water partition coefficient (Wildman–Crippen LogP) is 0.555. The van der Waals surface area contributed by atoms with E-state index in [-0.39, 0.29) is 18.0 Å². The summed E-state index contributed by atoms with van der Waals surface area (Å²) in [5.41, 5.74) is 0.950. The fraction of sp³-hybridized carbons (Fsp3) is 0.379. The Balaban J connectivity index is 1.11. The van der Waals surface area contributed by atoms with Crippen LogP contribution in [-0.2, 0) is 20.8 Å². The van der Waals surface area contributed by atoms with Gasteiger partial charge in [0.2, 0.25) is 0 Å². The van der Waals surface area contributed by atoms with Crippen molar-refractivity contribution < 1.29 is 27.8 Å². The number of hydrogen-bond acceptors (Lipinski definition) is 8. The van der Waals surface area contributed by atoms with Crippen LogP contribution in [0.25, 0.3) is 16.7 Å². The molecule has 0 bridgehead atoms. The van der Waals surface area contributed by atoms with E-state index in [1.807, 2.05) is 23.1 Å². The number of hydrogen-bond donors (Lipinski definition) is 0. The second-order valence-corrected chi connectivity index (χ2v) is 13.4. The van der Waals surface area contributed by atoms with E-state index in [2.05, 4.69) is 9.97 Å². The Hall–Kier alpha value is -3.28. The van der Waals surface area contributed by atoms with Crippen molar-refractivity contribution in [2.75, 3.05) is 59.2 Å². The molecule has 1 amide bonds. The Morgan fingerprint density at radius 3 is 2.57 bits per heavy atom. The van der Waals surface area contributed by atoms with Gasteiger partial charge in [-0.1, -0.05) is 0 Å². The van der Waals surface area contributed by atoms with Crippen LogP contribution in [0.15, 0.2) is 48.9 Å². The van der Waals surface area contributed by atoms with Gasteiger partial charge in [0.15, 0.2) is 0 Å². The molecule has 3 aliphatic heterocycles. The van der Waals surface area contributed by atoms with Gasteiger partial charge in [-0.05, 0) is 0 Å². The normalized spacial score (nSPS) is 19.1. The fourth-order valence-electron chi connectivity index (χ4n) is 5.49. The number of halogens is 2. The molecule has 218 valence electrons. The van der Waals surface area contributed by atoms with Crippen LogP contribution in [0.1, 0.15) is 16.1 Å². The Morgan fingerprint density at radius 2 is 1.81 bits per heavy atom. The first-order valence-corrected chi connectivity index (χ1v) is 15.9. The summed E-state index contributed by atoms with van der Waals surface area (Å²) in [6.45, 7) is 5.06. The summed E-state index contributed by atoms with van der Waals surface area (Å²) in [4.78, 5) is 30.7. The molecule has 42 heavy (non-hydrogen) atoms. The molecule has 3 fully saturated rings. The molecular formula is C29H29AsF2N6O4. The van der Waals surface area contributed by atoms with E-state index < -0.39 is 33.0 Å². The predicted molar refractivity (Wildman–Crippen MR) is 151 cm³/mol. The summed E-state index contributed by atoms with van der Waals surface area (Å²) in [7, 11) is 0. The third kappa shape index (κ3) is 5.45. The molecule has 13 heteroatoms. The van der Waals surface area contributed by atoms with Crippen molar-refractivity contribution in [3.05, 3.63) is 71.8 Å². The molecule has 10 nitrogen and oxygen atoms in total. The summed E-state index contributed by atoms with van der Waals surface area (Å²) >= 11 is -1.03. The number of carbonyl (C=O) groups is 1. The average Bonchev–Trinajstić information content (AvgIpc) is 3.42. The SMILES string of the molecule is O=C(c1cc([AsH]c2ncc3ccn(-c4cc(F)c(CN5CCOCC5)c(F)c4)c3n2)ccn1)N1CCOC2(COC2)C1. The third-order valence-corrected chi connectivity index (χ3v) is 10.1. The van der Waals surface area contributed by atoms with E-state index in [4.69, 9.17) is 19.2 Å². The van der Waals surface area contributed by atoms with E-state index in [0.29, 0.717) is 80.9 Å². The number of benzene rings is 1. The van der Waals surface area contributed by atoms with Crippen molar-refractivity contribution in [3.63, 3.8) is 0 Å². The van der Waals surface area contributed by atoms with Gasteiger partial charge in [0.05, 0.1) is 0 Å². The van der Waals surface area contributed by atoms with Crippen LogP contribution in [0, 0.1) is 11.6 Å². The molecule has 0 radical (unpaired) electrons. The number of fused-ring (bicyclic) bond motifs is 1. The Morgan fingerprint density at radius 1 is 1.00 bits per heavy atom. The van der Waals surface area contributed by atoms with Gasteiger partial charge in [0.25, 0.3) is 0 Å². The van der Waals surface area contributed by atoms with Gasteiger partial charge in [-0.25, -0.2) is 0 Å². The molecule has 6 heterocycles. The van der Waals surface area contributed by atoms with Crippen LogP contribution in [-0.4, -0.2) is 116 Å². The second kappa shape index (κ2) is 11.4. The van der Waals surface area contributed by atoms with E-state index in [1.165, 1.54) is 12.1 Å². The topological polar surface area (TPSA) is 94.8 Å². The number of rotatable bonds is 6. The number of morpholine rings is 2. The summed E-state index contributed by atoms with van der Waals surface area (Å²) in [5, 5.41) is 0.760. The molecule has 1 spiro atoms. The van der Waals surface area contributed by atoms with E-state index in [0.717, 1.165) is 9.74 Å². The number of amides is 1. The number of aromatic nitrogens is 4. The summed E-state index contributed by atoms with van der Waals surface area (Å²) in [5.74, 6) is -1.32. The summed E-state index contributed by atoms with van der Waals surface area (Å²) < 4.78 is 50.0. The molecule has 0 saturated carbocycles. The molecule has 0 aliphatic carbocycles. The van der Waals surface area contributed by atoms with Crippen LogP contribution >= 0.6 is 0 Å². The minimum atomic E-state index is -1.03. The molecular weight excluding hydrogens is 609 g/mol. The molecule has 1 atom stereocenters. The van der Waals surface area contributed by atoms with Gasteiger partial charge in [0, 0.05) is 0 Å². The quantitative estimate of drug-likeness (QED) is 0.283. The molecule has 4 aromatic rings. The third-order valence-electron chi connectivity index (χ3n) is 7.82. The summed E-state index contributed by atoms with van der Waals surface area (Å²) in [6, 6.07) is 8.21. The summed E-state index contributed by atoms with van der Waals surface area (Å²) in [6.07, 6.45) is 5.10. The van der Waals surface area contributed by atoms with Gasteiger partial charge >= 0.3 is 243 Å². The number of carbonyl (C=O) groups excluding carboxylic acids is 1. The van der Waals surface area contributed by atoms with Crippen LogP contribution in [0.5, 0.6) is 0 Å². The van der Waals surface area contributed by atoms with E-state index in [9.17, 15) is 4.79 Å². The zero-order valence-corrected chi connectivity index (χ0v) is 24.9. The van der Waals surface area contributed by atoms with Gasteiger partial charge < -0.3 is 4.74 Å². The van der Waals surface area contributed by atoms with Gasteiger partial charge in [-0.3, -0.25) is 0 Å². The standard InChI is InChI=1S/C29H29AsF2N6O4/c31-23-12-21(13-24(32)22(23)15-36-5-8-40-9-6-36)38-4-2-19-14-34-28(35-26(19)38)30-20-1-3-33-25(11-20)27(39)37-7-10-42-29(16-37)17-41-18-29/h1-4,11-14,30H,5-10,15-18H2. The van der Waals surface area contributed by atoms with Crippen LogP contribution in [0.2, 0.25) is 0 Å². The van der Waals surface area contributed by atoms with E-state index >= 15 is 8.78 Å². The number of nitrogens with zero attached hydrogens (tertiary/aromatic N) is 6. The fourth-order valence-corrected chi connectivity index (χ4v) is 7.41. The minimum absolute atomic E-state index is 0.0513. The number of pyridine rings is 1. The van der Waals surface area contributed by atoms with Crippen LogP contribution in [0.3, 0.4) is 0 Å². The zero-order valence-electron chi connectivity index (χ0n) is 22.8. The van der Waals surface area contributed by atoms with Crippen LogP contribution in [0.4, 0.5) is 8.78 Å². The monoisotopic (exact) mass is 638 g/mol. The van der Waals surface area contributed by atoms with Crippen LogP contribution < -0.4 is 8.96 Å². The average molecular weight is 639 g/mol. The molecule has 1 unspecified atom stereocenters. The van der Waals surface area contributed by atoms with Crippen molar-refractivity contribution >= 4 is 41.7 Å². The van der Waals surface area contributed by atoms with Gasteiger partial charge in [-0.2, -0.15) is 0 Å². The Labute approximate surface area is 247 Å². The van der Waals surface area contributed by atoms with Crippen molar-refractivity contribution in [2.45, 2.75) is 12.1 Å². The van der Waals surface area contributed by atoms with Crippen molar-refractivity contribution in [3.8, 4) is 5.69 Å². The number of ether oxygens (including phenoxy) is 3. The molecule has 3 saturated heterocycles. The Kier molecular flexibility index (Phi) is 7.49. The van der Waals surface area contributed by atoms with Crippen molar-refractivity contribution in [2.24, 2.45) is 0 Å². The Bertz CT molecular complexity index is 1620. The maximum absolute atomic E-state index is 15.1. The van der Waals surface area contributed by atoms with Gasteiger partial charge in [0.1, 0.15) is 0 Å². The first-order chi connectivity index (χ1) is 20.5. The molecule has 7 rings (SSSR count). The first kappa shape index (κ1) is 27.5. The second-order valence-electron chi connectivity index (χ2n) is 10.7. The first-order valence-electron chi connectivity index (χ1n) is 13.8. The molecule has 3 aromatic heterocycles. The maximum atomic E-state index is 15.1. The van der Waals surface area contributed by atoms with Crippen molar-refractivity contribution in [1.29, 1.82) is 0 Å². The molecule has 0 N–H and O–H groups in total.